The quantitative estimate of drug-likeness (QED) is 0.918. The molecule has 0 bridgehead atoms. The summed E-state index contributed by atoms with van der Waals surface area (Å²) in [6.45, 7) is 15.7. The zero-order valence-corrected chi connectivity index (χ0v) is 15.2. The number of nitrogens with one attached hydrogen (secondary N) is 1. The molecule has 0 saturated carbocycles. The van der Waals surface area contributed by atoms with E-state index in [1.54, 1.807) is 0 Å². The number of morpholine rings is 1. The van der Waals surface area contributed by atoms with Gasteiger partial charge in [-0.15, -0.1) is 0 Å². The van der Waals surface area contributed by atoms with Crippen molar-refractivity contribution in [3.05, 3.63) is 17.5 Å². The number of hydrogen-bond donors (Lipinski definition) is 1. The molecule has 0 radical (unpaired) electrons. The first-order valence-corrected chi connectivity index (χ1v) is 8.40. The Bertz CT molecular complexity index is 537. The van der Waals surface area contributed by atoms with Crippen molar-refractivity contribution >= 4 is 5.91 Å². The molecule has 23 heavy (non-hydrogen) atoms. The Morgan fingerprint density at radius 1 is 1.35 bits per heavy atom. The van der Waals surface area contributed by atoms with Gasteiger partial charge in [-0.3, -0.25) is 14.4 Å². The molecule has 2 unspecified atom stereocenters. The van der Waals surface area contributed by atoms with Gasteiger partial charge in [0.15, 0.2) is 0 Å². The Hall–Kier alpha value is -1.40. The van der Waals surface area contributed by atoms with E-state index in [0.29, 0.717) is 12.2 Å². The molecule has 2 rings (SSSR count). The number of amides is 1. The highest BCUT2D eigenvalue weighted by Crippen LogP contribution is 2.16. The second-order valence-corrected chi connectivity index (χ2v) is 7.53. The first-order valence-electron chi connectivity index (χ1n) is 8.40. The van der Waals surface area contributed by atoms with Gasteiger partial charge < -0.3 is 10.1 Å². The number of hydrogen-bond acceptors (Lipinski definition) is 4. The van der Waals surface area contributed by atoms with Crippen LogP contribution in [0.4, 0.5) is 0 Å². The van der Waals surface area contributed by atoms with Crippen LogP contribution in [0.2, 0.25) is 0 Å². The maximum atomic E-state index is 12.3. The monoisotopic (exact) mass is 322 g/mol. The van der Waals surface area contributed by atoms with Crippen molar-refractivity contribution in [2.24, 2.45) is 0 Å². The van der Waals surface area contributed by atoms with Crippen LogP contribution in [0, 0.1) is 6.92 Å². The van der Waals surface area contributed by atoms with Crippen LogP contribution in [0.3, 0.4) is 0 Å². The number of rotatable bonds is 4. The van der Waals surface area contributed by atoms with Crippen molar-refractivity contribution in [1.82, 2.24) is 20.0 Å². The molecule has 6 nitrogen and oxygen atoms in total. The Kier molecular flexibility index (Phi) is 5.47. The topological polar surface area (TPSA) is 59.4 Å². The predicted octanol–water partition coefficient (Wildman–Crippen LogP) is 1.79. The molecule has 6 heteroatoms. The largest absolute Gasteiger partial charge is 0.373 e. The third-order valence-electron chi connectivity index (χ3n) is 3.96. The van der Waals surface area contributed by atoms with E-state index in [1.807, 2.05) is 17.7 Å². The van der Waals surface area contributed by atoms with Crippen molar-refractivity contribution in [1.29, 1.82) is 0 Å². The molecule has 1 aromatic rings. The molecular formula is C17H30N4O2. The second-order valence-electron chi connectivity index (χ2n) is 7.53. The van der Waals surface area contributed by atoms with Gasteiger partial charge in [-0.05, 0) is 47.6 Å². The van der Waals surface area contributed by atoms with E-state index in [-0.39, 0.29) is 23.7 Å². The van der Waals surface area contributed by atoms with Crippen molar-refractivity contribution < 1.29 is 9.53 Å². The van der Waals surface area contributed by atoms with Gasteiger partial charge in [-0.25, -0.2) is 0 Å². The first kappa shape index (κ1) is 17.9. The fraction of sp³-hybridized carbons (Fsp3) is 0.765. The number of aryl methyl sites for hydroxylation is 1. The highest BCUT2D eigenvalue weighted by Gasteiger charge is 2.23. The van der Waals surface area contributed by atoms with Crippen LogP contribution in [0.15, 0.2) is 6.07 Å². The van der Waals surface area contributed by atoms with Crippen LogP contribution in [-0.2, 0) is 10.3 Å². The van der Waals surface area contributed by atoms with Gasteiger partial charge in [0.2, 0.25) is 0 Å². The maximum absolute atomic E-state index is 12.3. The summed E-state index contributed by atoms with van der Waals surface area (Å²) in [7, 11) is 0. The highest BCUT2D eigenvalue weighted by molar-refractivity contribution is 5.92. The van der Waals surface area contributed by atoms with Crippen LogP contribution in [-0.4, -0.2) is 59.0 Å². The SMILES string of the molecule is Cc1cc(C(=O)NCCN2CC(C)OC(C)C2)nn1C(C)(C)C. The minimum Gasteiger partial charge on any atom is -0.373 e. The van der Waals surface area contributed by atoms with Gasteiger partial charge in [0.25, 0.3) is 5.91 Å². The van der Waals surface area contributed by atoms with Gasteiger partial charge in [0.05, 0.1) is 17.7 Å². The Morgan fingerprint density at radius 2 is 1.96 bits per heavy atom. The molecule has 0 aliphatic carbocycles. The molecule has 1 fully saturated rings. The summed E-state index contributed by atoms with van der Waals surface area (Å²) >= 11 is 0. The van der Waals surface area contributed by atoms with Gasteiger partial charge in [0.1, 0.15) is 5.69 Å². The average Bonchev–Trinajstić information content (AvgIpc) is 2.79. The highest BCUT2D eigenvalue weighted by atomic mass is 16.5. The van der Waals surface area contributed by atoms with Crippen LogP contribution in [0.25, 0.3) is 0 Å². The van der Waals surface area contributed by atoms with Crippen molar-refractivity contribution in [2.45, 2.75) is 59.3 Å². The first-order chi connectivity index (χ1) is 10.7. The van der Waals surface area contributed by atoms with Gasteiger partial charge in [0, 0.05) is 31.9 Å². The lowest BCUT2D eigenvalue weighted by atomic mass is 10.1. The van der Waals surface area contributed by atoms with Crippen LogP contribution >= 0.6 is 0 Å². The molecule has 0 spiro atoms. The van der Waals surface area contributed by atoms with Crippen LogP contribution < -0.4 is 5.32 Å². The normalized spacial score (nSPS) is 23.0. The number of carbonyl (C=O) groups is 1. The van der Waals surface area contributed by atoms with E-state index in [9.17, 15) is 4.79 Å². The standard InChI is InChI=1S/C17H30N4O2/c1-12-9-15(19-21(12)17(4,5)6)16(22)18-7-8-20-10-13(2)23-14(3)11-20/h9,13-14H,7-8,10-11H2,1-6H3,(H,18,22). The molecule has 1 amide bonds. The summed E-state index contributed by atoms with van der Waals surface area (Å²) in [6, 6.07) is 1.85. The third-order valence-corrected chi connectivity index (χ3v) is 3.96. The number of carbonyl (C=O) groups excluding carboxylic acids is 1. The average molecular weight is 322 g/mol. The Labute approximate surface area is 139 Å². The fourth-order valence-corrected chi connectivity index (χ4v) is 3.15. The van der Waals surface area contributed by atoms with Gasteiger partial charge in [-0.1, -0.05) is 0 Å². The Balaban J connectivity index is 1.86. The lowest BCUT2D eigenvalue weighted by Crippen LogP contribution is -2.47. The van der Waals surface area contributed by atoms with Crippen LogP contribution in [0.1, 0.15) is 50.8 Å². The Morgan fingerprint density at radius 3 is 2.48 bits per heavy atom. The predicted molar refractivity (Wildman–Crippen MR) is 90.7 cm³/mol. The molecule has 1 aromatic heterocycles. The summed E-state index contributed by atoms with van der Waals surface area (Å²) in [5, 5.41) is 7.41. The molecule has 130 valence electrons. The summed E-state index contributed by atoms with van der Waals surface area (Å²) < 4.78 is 7.62. The van der Waals surface area contributed by atoms with Crippen molar-refractivity contribution in [3.8, 4) is 0 Å². The molecule has 1 N–H and O–H groups in total. The molecule has 2 heterocycles. The lowest BCUT2D eigenvalue weighted by molar-refractivity contribution is -0.0672. The third kappa shape index (κ3) is 4.78. The van der Waals surface area contributed by atoms with Gasteiger partial charge >= 0.3 is 0 Å². The minimum atomic E-state index is -0.122. The second kappa shape index (κ2) is 7.01. The molecule has 1 saturated heterocycles. The molecule has 1 aliphatic heterocycles. The van der Waals surface area contributed by atoms with E-state index < -0.39 is 0 Å². The van der Waals surface area contributed by atoms with E-state index in [0.717, 1.165) is 25.3 Å². The zero-order chi connectivity index (χ0) is 17.2. The van der Waals surface area contributed by atoms with E-state index in [4.69, 9.17) is 4.74 Å². The van der Waals surface area contributed by atoms with Crippen LogP contribution in [0.5, 0.6) is 0 Å². The lowest BCUT2D eigenvalue weighted by Gasteiger charge is -2.35. The maximum Gasteiger partial charge on any atom is 0.271 e. The number of aromatic nitrogens is 2. The summed E-state index contributed by atoms with van der Waals surface area (Å²) in [5.41, 5.74) is 1.36. The number of nitrogens with zero attached hydrogens (tertiary/aromatic N) is 3. The van der Waals surface area contributed by atoms with Gasteiger partial charge in [-0.2, -0.15) is 5.10 Å². The fourth-order valence-electron chi connectivity index (χ4n) is 3.15. The molecule has 2 atom stereocenters. The van der Waals surface area contributed by atoms with E-state index in [1.165, 1.54) is 0 Å². The summed E-state index contributed by atoms with van der Waals surface area (Å²) in [4.78, 5) is 14.6. The summed E-state index contributed by atoms with van der Waals surface area (Å²) in [5.74, 6) is -0.106. The smallest absolute Gasteiger partial charge is 0.271 e. The molecule has 1 aliphatic rings. The molecular weight excluding hydrogens is 292 g/mol. The number of ether oxygens (including phenoxy) is 1. The van der Waals surface area contributed by atoms with E-state index in [2.05, 4.69) is 49.9 Å². The summed E-state index contributed by atoms with van der Waals surface area (Å²) in [6.07, 6.45) is 0.499. The molecule has 0 aromatic carbocycles. The van der Waals surface area contributed by atoms with Crippen molar-refractivity contribution in [3.63, 3.8) is 0 Å². The minimum absolute atomic E-state index is 0.106. The van der Waals surface area contributed by atoms with E-state index >= 15 is 0 Å². The zero-order valence-electron chi connectivity index (χ0n) is 15.2. The van der Waals surface area contributed by atoms with Crippen molar-refractivity contribution in [2.75, 3.05) is 26.2 Å².